The molecule has 0 spiro atoms. The number of amides is 1. The van der Waals surface area contributed by atoms with Gasteiger partial charge in [-0.1, -0.05) is 42.5 Å². The summed E-state index contributed by atoms with van der Waals surface area (Å²) in [6.45, 7) is 3.94. The molecule has 158 valence electrons. The topological polar surface area (TPSA) is 75.6 Å². The van der Waals surface area contributed by atoms with E-state index < -0.39 is 0 Å². The van der Waals surface area contributed by atoms with Crippen LogP contribution in [0.15, 0.2) is 78.9 Å². The van der Waals surface area contributed by atoms with E-state index in [1.807, 2.05) is 97.4 Å². The number of aryl methyl sites for hydroxylation is 1. The van der Waals surface area contributed by atoms with Crippen LogP contribution < -0.4 is 5.32 Å². The molecule has 32 heavy (non-hydrogen) atoms. The van der Waals surface area contributed by atoms with Gasteiger partial charge in [-0.15, -0.1) is 0 Å². The highest BCUT2D eigenvalue weighted by Crippen LogP contribution is 2.28. The normalized spacial score (nSPS) is 11.1. The molecule has 1 amide bonds. The first kappa shape index (κ1) is 19.8. The van der Waals surface area contributed by atoms with E-state index >= 15 is 0 Å². The number of benzene rings is 3. The third-order valence-corrected chi connectivity index (χ3v) is 5.62. The predicted molar refractivity (Wildman–Crippen MR) is 127 cm³/mol. The van der Waals surface area contributed by atoms with Crippen molar-refractivity contribution in [2.24, 2.45) is 0 Å². The molecule has 0 atom stereocenters. The van der Waals surface area contributed by atoms with Gasteiger partial charge >= 0.3 is 0 Å². The Morgan fingerprint density at radius 2 is 1.66 bits per heavy atom. The predicted octanol–water partition coefficient (Wildman–Crippen LogP) is 5.21. The highest BCUT2D eigenvalue weighted by molar-refractivity contribution is 5.96. The lowest BCUT2D eigenvalue weighted by Crippen LogP contribution is -2.16. The minimum Gasteiger partial charge on any atom is -0.338 e. The molecule has 0 bridgehead atoms. The Morgan fingerprint density at radius 3 is 2.47 bits per heavy atom. The van der Waals surface area contributed by atoms with E-state index in [2.05, 4.69) is 20.4 Å². The smallest absolute Gasteiger partial charge is 0.228 e. The van der Waals surface area contributed by atoms with Crippen LogP contribution in [0.25, 0.3) is 28.1 Å². The van der Waals surface area contributed by atoms with Crippen LogP contribution in [0.2, 0.25) is 0 Å². The highest BCUT2D eigenvalue weighted by Gasteiger charge is 2.17. The molecule has 0 radical (unpaired) electrons. The van der Waals surface area contributed by atoms with E-state index in [9.17, 15) is 4.79 Å². The zero-order valence-corrected chi connectivity index (χ0v) is 18.0. The Balaban J connectivity index is 1.41. The number of para-hydroxylation sites is 4. The van der Waals surface area contributed by atoms with Crippen molar-refractivity contribution in [2.45, 2.75) is 20.3 Å². The first-order valence-corrected chi connectivity index (χ1v) is 10.5. The molecule has 0 aliphatic carbocycles. The molecule has 0 unspecified atom stereocenters. The van der Waals surface area contributed by atoms with E-state index in [4.69, 9.17) is 0 Å². The summed E-state index contributed by atoms with van der Waals surface area (Å²) in [4.78, 5) is 21.0. The minimum absolute atomic E-state index is 0.0904. The van der Waals surface area contributed by atoms with Crippen LogP contribution in [0.5, 0.6) is 0 Å². The zero-order chi connectivity index (χ0) is 22.1. The van der Waals surface area contributed by atoms with E-state index in [1.54, 1.807) is 0 Å². The molecule has 2 aromatic heterocycles. The van der Waals surface area contributed by atoms with Crippen molar-refractivity contribution in [2.75, 3.05) is 5.32 Å². The number of fused-ring (bicyclic) bond motifs is 1. The monoisotopic (exact) mass is 421 g/mol. The number of nitrogens with zero attached hydrogens (tertiary/aromatic N) is 3. The molecular formula is C26H23N5O. The Hall–Kier alpha value is -4.19. The van der Waals surface area contributed by atoms with E-state index in [0.717, 1.165) is 50.7 Å². The maximum atomic E-state index is 13.0. The zero-order valence-electron chi connectivity index (χ0n) is 18.0. The summed E-state index contributed by atoms with van der Waals surface area (Å²) in [5, 5.41) is 7.72. The number of anilines is 1. The van der Waals surface area contributed by atoms with E-state index in [0.29, 0.717) is 0 Å². The second kappa shape index (κ2) is 8.15. The van der Waals surface area contributed by atoms with E-state index in [-0.39, 0.29) is 12.3 Å². The molecule has 0 fully saturated rings. The van der Waals surface area contributed by atoms with Crippen LogP contribution in [0.1, 0.15) is 17.0 Å². The Bertz CT molecular complexity index is 1380. The van der Waals surface area contributed by atoms with Crippen molar-refractivity contribution in [3.8, 4) is 17.1 Å². The van der Waals surface area contributed by atoms with Crippen LogP contribution in [0.3, 0.4) is 0 Å². The summed E-state index contributed by atoms with van der Waals surface area (Å²) >= 11 is 0. The molecule has 0 aliphatic rings. The van der Waals surface area contributed by atoms with Gasteiger partial charge in [-0.2, -0.15) is 5.10 Å². The number of carbonyl (C=O) groups is 1. The fourth-order valence-electron chi connectivity index (χ4n) is 3.99. The third-order valence-electron chi connectivity index (χ3n) is 5.62. The maximum absolute atomic E-state index is 13.0. The number of carbonyl (C=O) groups excluding carboxylic acids is 1. The van der Waals surface area contributed by atoms with Gasteiger partial charge in [0.2, 0.25) is 5.91 Å². The third kappa shape index (κ3) is 3.67. The molecular weight excluding hydrogens is 398 g/mol. The van der Waals surface area contributed by atoms with Gasteiger partial charge in [0.15, 0.2) is 0 Å². The van der Waals surface area contributed by atoms with Crippen LogP contribution in [-0.4, -0.2) is 25.7 Å². The van der Waals surface area contributed by atoms with E-state index in [1.165, 1.54) is 0 Å². The second-order valence-electron chi connectivity index (χ2n) is 7.77. The molecule has 0 aliphatic heterocycles. The number of aromatic nitrogens is 4. The standard InChI is InChI=1S/C26H23N5O/c1-17-21(18(2)31(30-17)19-10-4-3-5-11-19)16-25(32)27-22-13-7-6-12-20(22)26-28-23-14-8-9-15-24(23)29-26/h3-15H,16H2,1-2H3,(H,27,32)(H,28,29). The van der Waals surface area contributed by atoms with Gasteiger partial charge in [0, 0.05) is 16.8 Å². The van der Waals surface area contributed by atoms with Crippen LogP contribution in [-0.2, 0) is 11.2 Å². The van der Waals surface area contributed by atoms with Crippen molar-refractivity contribution in [1.29, 1.82) is 0 Å². The summed E-state index contributed by atoms with van der Waals surface area (Å²) < 4.78 is 1.89. The molecule has 2 N–H and O–H groups in total. The number of H-pyrrole nitrogens is 1. The Labute approximate surface area is 185 Å². The van der Waals surface area contributed by atoms with Gasteiger partial charge in [-0.3, -0.25) is 4.79 Å². The lowest BCUT2D eigenvalue weighted by atomic mass is 10.1. The van der Waals surface area contributed by atoms with Gasteiger partial charge in [0.25, 0.3) is 0 Å². The molecule has 0 saturated heterocycles. The molecule has 2 heterocycles. The van der Waals surface area contributed by atoms with Gasteiger partial charge in [0.1, 0.15) is 5.82 Å². The van der Waals surface area contributed by atoms with Crippen LogP contribution in [0.4, 0.5) is 5.69 Å². The van der Waals surface area contributed by atoms with Gasteiger partial charge < -0.3 is 10.3 Å². The largest absolute Gasteiger partial charge is 0.338 e. The molecule has 6 nitrogen and oxygen atoms in total. The fraction of sp³-hybridized carbons (Fsp3) is 0.115. The lowest BCUT2D eigenvalue weighted by molar-refractivity contribution is -0.115. The summed E-state index contributed by atoms with van der Waals surface area (Å²) in [7, 11) is 0. The average molecular weight is 422 g/mol. The Morgan fingerprint density at radius 1 is 0.938 bits per heavy atom. The number of hydrogen-bond donors (Lipinski definition) is 2. The van der Waals surface area contributed by atoms with Gasteiger partial charge in [-0.05, 0) is 50.2 Å². The summed E-state index contributed by atoms with van der Waals surface area (Å²) in [5.41, 5.74) is 7.17. The molecule has 6 heteroatoms. The highest BCUT2D eigenvalue weighted by atomic mass is 16.1. The SMILES string of the molecule is Cc1nn(-c2ccccc2)c(C)c1CC(=O)Nc1ccccc1-c1nc2ccccc2[nH]1. The number of aromatic amines is 1. The molecule has 5 rings (SSSR count). The van der Waals surface area contributed by atoms with Gasteiger partial charge in [-0.25, -0.2) is 9.67 Å². The maximum Gasteiger partial charge on any atom is 0.228 e. The number of hydrogen-bond acceptors (Lipinski definition) is 3. The molecule has 0 saturated carbocycles. The number of imidazole rings is 1. The van der Waals surface area contributed by atoms with Crippen molar-refractivity contribution in [3.63, 3.8) is 0 Å². The van der Waals surface area contributed by atoms with Crippen molar-refractivity contribution in [3.05, 3.63) is 95.8 Å². The molecule has 3 aromatic carbocycles. The quantitative estimate of drug-likeness (QED) is 0.409. The minimum atomic E-state index is -0.0904. The number of nitrogens with one attached hydrogen (secondary N) is 2. The van der Waals surface area contributed by atoms with Gasteiger partial charge in [0.05, 0.1) is 34.5 Å². The lowest BCUT2D eigenvalue weighted by Gasteiger charge is -2.10. The average Bonchev–Trinajstić information content (AvgIpc) is 3.36. The summed E-state index contributed by atoms with van der Waals surface area (Å²) in [6.07, 6.45) is 0.249. The molecule has 5 aromatic rings. The van der Waals surface area contributed by atoms with Crippen molar-refractivity contribution < 1.29 is 4.79 Å². The first-order valence-electron chi connectivity index (χ1n) is 10.5. The Kier molecular flexibility index (Phi) is 5.03. The van der Waals surface area contributed by atoms with Crippen LogP contribution in [0, 0.1) is 13.8 Å². The first-order chi connectivity index (χ1) is 15.6. The fourth-order valence-corrected chi connectivity index (χ4v) is 3.99. The second-order valence-corrected chi connectivity index (χ2v) is 7.77. The number of rotatable bonds is 5. The summed E-state index contributed by atoms with van der Waals surface area (Å²) in [5.74, 6) is 0.638. The van der Waals surface area contributed by atoms with Crippen LogP contribution >= 0.6 is 0 Å². The van der Waals surface area contributed by atoms with Crippen molar-refractivity contribution in [1.82, 2.24) is 19.7 Å². The van der Waals surface area contributed by atoms with Crippen molar-refractivity contribution >= 4 is 22.6 Å². The summed E-state index contributed by atoms with van der Waals surface area (Å²) in [6, 6.07) is 25.5.